The normalized spacial score (nSPS) is 9.86. The quantitative estimate of drug-likeness (QED) is 0.581. The first kappa shape index (κ1) is 10.1. The van der Waals surface area contributed by atoms with Crippen LogP contribution in [0.3, 0.4) is 0 Å². The molecule has 0 atom stereocenters. The van der Waals surface area contributed by atoms with Crippen molar-refractivity contribution in [2.24, 2.45) is 0 Å². The van der Waals surface area contributed by atoms with Crippen LogP contribution in [-0.4, -0.2) is 16.0 Å². The molecule has 0 heterocycles. The van der Waals surface area contributed by atoms with E-state index in [1.165, 1.54) is 13.0 Å². The van der Waals surface area contributed by atoms with E-state index in [1.807, 2.05) is 0 Å². The number of nitro groups is 1. The van der Waals surface area contributed by atoms with E-state index in [0.717, 1.165) is 6.07 Å². The summed E-state index contributed by atoms with van der Waals surface area (Å²) in [5, 5.41) is 19.1. The highest BCUT2D eigenvalue weighted by atomic mass is 19.1. The molecule has 1 aromatic carbocycles. The monoisotopic (exact) mass is 199 g/mol. The SMILES string of the molecule is Cc1ccc(F)c(C(=O)O)c1[N+](=O)[O-]. The third-order valence-corrected chi connectivity index (χ3v) is 1.73. The zero-order chi connectivity index (χ0) is 10.9. The fourth-order valence-electron chi connectivity index (χ4n) is 1.11. The van der Waals surface area contributed by atoms with Crippen LogP contribution in [0.25, 0.3) is 0 Å². The van der Waals surface area contributed by atoms with Crippen molar-refractivity contribution in [3.63, 3.8) is 0 Å². The number of nitrogens with zero attached hydrogens (tertiary/aromatic N) is 1. The van der Waals surface area contributed by atoms with E-state index in [9.17, 15) is 19.3 Å². The molecule has 74 valence electrons. The van der Waals surface area contributed by atoms with Crippen LogP contribution < -0.4 is 0 Å². The number of carboxylic acid groups (broad SMARTS) is 1. The van der Waals surface area contributed by atoms with Crippen molar-refractivity contribution in [1.82, 2.24) is 0 Å². The molecule has 0 aliphatic rings. The second kappa shape index (κ2) is 3.41. The number of aromatic carboxylic acids is 1. The molecule has 0 amide bonds. The highest BCUT2D eigenvalue weighted by Crippen LogP contribution is 2.25. The van der Waals surface area contributed by atoms with Crippen molar-refractivity contribution in [1.29, 1.82) is 0 Å². The molecular weight excluding hydrogens is 193 g/mol. The van der Waals surface area contributed by atoms with Crippen LogP contribution in [0, 0.1) is 22.9 Å². The van der Waals surface area contributed by atoms with Gasteiger partial charge in [0.1, 0.15) is 5.82 Å². The predicted octanol–water partition coefficient (Wildman–Crippen LogP) is 1.74. The topological polar surface area (TPSA) is 80.4 Å². The van der Waals surface area contributed by atoms with Crippen molar-refractivity contribution in [2.45, 2.75) is 6.92 Å². The van der Waals surface area contributed by atoms with Crippen LogP contribution >= 0.6 is 0 Å². The Balaban J connectivity index is 3.58. The summed E-state index contributed by atoms with van der Waals surface area (Å²) in [6.07, 6.45) is 0. The van der Waals surface area contributed by atoms with Crippen molar-refractivity contribution in [3.05, 3.63) is 39.2 Å². The van der Waals surface area contributed by atoms with Gasteiger partial charge in [0.25, 0.3) is 5.69 Å². The standard InChI is InChI=1S/C8H6FNO4/c1-4-2-3-5(9)6(8(11)12)7(4)10(13)14/h2-3H,1H3,(H,11,12). The lowest BCUT2D eigenvalue weighted by molar-refractivity contribution is -0.385. The molecule has 0 aliphatic carbocycles. The summed E-state index contributed by atoms with van der Waals surface area (Å²) >= 11 is 0. The van der Waals surface area contributed by atoms with E-state index in [2.05, 4.69) is 0 Å². The first-order valence-corrected chi connectivity index (χ1v) is 3.62. The number of hydrogen-bond donors (Lipinski definition) is 1. The molecule has 0 bridgehead atoms. The predicted molar refractivity (Wildman–Crippen MR) is 44.8 cm³/mol. The Hall–Kier alpha value is -1.98. The van der Waals surface area contributed by atoms with Gasteiger partial charge in [-0.25, -0.2) is 9.18 Å². The first-order valence-electron chi connectivity index (χ1n) is 3.62. The number of rotatable bonds is 2. The molecule has 0 radical (unpaired) electrons. The van der Waals surface area contributed by atoms with Crippen molar-refractivity contribution >= 4 is 11.7 Å². The molecule has 1 rings (SSSR count). The van der Waals surface area contributed by atoms with Gasteiger partial charge < -0.3 is 5.11 Å². The van der Waals surface area contributed by atoms with Crippen molar-refractivity contribution in [3.8, 4) is 0 Å². The molecule has 0 fully saturated rings. The van der Waals surface area contributed by atoms with Gasteiger partial charge in [-0.3, -0.25) is 10.1 Å². The third kappa shape index (κ3) is 1.54. The fraction of sp³-hybridized carbons (Fsp3) is 0.125. The summed E-state index contributed by atoms with van der Waals surface area (Å²) in [6.45, 7) is 1.35. The van der Waals surface area contributed by atoms with E-state index in [4.69, 9.17) is 5.11 Å². The number of hydrogen-bond acceptors (Lipinski definition) is 3. The first-order chi connectivity index (χ1) is 6.45. The van der Waals surface area contributed by atoms with E-state index in [0.29, 0.717) is 0 Å². The maximum absolute atomic E-state index is 13.0. The van der Waals surface area contributed by atoms with Gasteiger partial charge in [0.2, 0.25) is 0 Å². The molecule has 0 unspecified atom stereocenters. The van der Waals surface area contributed by atoms with Gasteiger partial charge in [0, 0.05) is 5.56 Å². The number of nitro benzene ring substituents is 1. The van der Waals surface area contributed by atoms with Crippen LogP contribution in [-0.2, 0) is 0 Å². The van der Waals surface area contributed by atoms with E-state index < -0.39 is 28.0 Å². The summed E-state index contributed by atoms with van der Waals surface area (Å²) in [5.74, 6) is -2.74. The van der Waals surface area contributed by atoms with E-state index in [1.54, 1.807) is 0 Å². The zero-order valence-electron chi connectivity index (χ0n) is 7.15. The maximum Gasteiger partial charge on any atom is 0.345 e. The average Bonchev–Trinajstić information content (AvgIpc) is 2.07. The van der Waals surface area contributed by atoms with Gasteiger partial charge in [-0.15, -0.1) is 0 Å². The highest BCUT2D eigenvalue weighted by molar-refractivity contribution is 5.93. The summed E-state index contributed by atoms with van der Waals surface area (Å²) in [5.41, 5.74) is -1.47. The van der Waals surface area contributed by atoms with Gasteiger partial charge in [-0.1, -0.05) is 0 Å². The van der Waals surface area contributed by atoms with Crippen molar-refractivity contribution < 1.29 is 19.2 Å². The Bertz CT molecular complexity index is 377. The molecule has 5 nitrogen and oxygen atoms in total. The van der Waals surface area contributed by atoms with Crippen LogP contribution in [0.15, 0.2) is 12.1 Å². The maximum atomic E-state index is 13.0. The van der Waals surface area contributed by atoms with Gasteiger partial charge in [-0.2, -0.15) is 0 Å². The Labute approximate surface area is 77.9 Å². The van der Waals surface area contributed by atoms with Crippen LogP contribution in [0.1, 0.15) is 15.9 Å². The lowest BCUT2D eigenvalue weighted by Gasteiger charge is -2.01. The van der Waals surface area contributed by atoms with Gasteiger partial charge in [0.15, 0.2) is 5.56 Å². The van der Waals surface area contributed by atoms with Gasteiger partial charge in [-0.05, 0) is 19.1 Å². The van der Waals surface area contributed by atoms with E-state index in [-0.39, 0.29) is 5.56 Å². The van der Waals surface area contributed by atoms with E-state index >= 15 is 0 Å². The average molecular weight is 199 g/mol. The number of carbonyl (C=O) groups is 1. The van der Waals surface area contributed by atoms with Gasteiger partial charge in [0.05, 0.1) is 4.92 Å². The smallest absolute Gasteiger partial charge is 0.345 e. The molecular formula is C8H6FNO4. The number of carboxylic acids is 1. The van der Waals surface area contributed by atoms with Crippen LogP contribution in [0.4, 0.5) is 10.1 Å². The highest BCUT2D eigenvalue weighted by Gasteiger charge is 2.26. The van der Waals surface area contributed by atoms with Crippen LogP contribution in [0.2, 0.25) is 0 Å². The zero-order valence-corrected chi connectivity index (χ0v) is 7.15. The largest absolute Gasteiger partial charge is 0.477 e. The number of benzene rings is 1. The molecule has 14 heavy (non-hydrogen) atoms. The number of aryl methyl sites for hydroxylation is 1. The summed E-state index contributed by atoms with van der Waals surface area (Å²) < 4.78 is 13.0. The summed E-state index contributed by atoms with van der Waals surface area (Å²) in [4.78, 5) is 20.1. The molecule has 0 saturated heterocycles. The second-order valence-corrected chi connectivity index (χ2v) is 2.65. The molecule has 1 N–H and O–H groups in total. The molecule has 0 aromatic heterocycles. The molecule has 6 heteroatoms. The Kier molecular flexibility index (Phi) is 2.46. The molecule has 1 aromatic rings. The number of halogens is 1. The lowest BCUT2D eigenvalue weighted by Crippen LogP contribution is -2.07. The second-order valence-electron chi connectivity index (χ2n) is 2.65. The summed E-state index contributed by atoms with van der Waals surface area (Å²) in [7, 11) is 0. The third-order valence-electron chi connectivity index (χ3n) is 1.73. The van der Waals surface area contributed by atoms with Gasteiger partial charge >= 0.3 is 5.97 Å². The molecule has 0 aliphatic heterocycles. The minimum Gasteiger partial charge on any atom is -0.477 e. The molecule has 0 spiro atoms. The molecule has 0 saturated carbocycles. The van der Waals surface area contributed by atoms with Crippen molar-refractivity contribution in [2.75, 3.05) is 0 Å². The minimum atomic E-state index is -1.64. The summed E-state index contributed by atoms with van der Waals surface area (Å²) in [6, 6.07) is 2.06. The van der Waals surface area contributed by atoms with Crippen LogP contribution in [0.5, 0.6) is 0 Å². The Morgan fingerprint density at radius 3 is 2.50 bits per heavy atom. The Morgan fingerprint density at radius 1 is 1.57 bits per heavy atom. The minimum absolute atomic E-state index is 0.119. The Morgan fingerprint density at radius 2 is 2.14 bits per heavy atom. The fourth-order valence-corrected chi connectivity index (χ4v) is 1.11. The lowest BCUT2D eigenvalue weighted by atomic mass is 10.1.